The first kappa shape index (κ1) is 14.9. The third kappa shape index (κ3) is 1.88. The number of nitrogens with zero attached hydrogens (tertiary/aromatic N) is 1. The van der Waals surface area contributed by atoms with E-state index in [1.165, 1.54) is 0 Å². The van der Waals surface area contributed by atoms with Crippen LogP contribution in [-0.4, -0.2) is 70.3 Å². The fraction of sp³-hybridized carbons (Fsp3) is 0.692. The Balaban J connectivity index is 2.05. The van der Waals surface area contributed by atoms with E-state index >= 15 is 0 Å². The fourth-order valence-corrected chi connectivity index (χ4v) is 3.57. The van der Waals surface area contributed by atoms with Gasteiger partial charge in [0.25, 0.3) is 0 Å². The first-order chi connectivity index (χ1) is 9.95. The second kappa shape index (κ2) is 5.03. The van der Waals surface area contributed by atoms with Crippen LogP contribution in [0.3, 0.4) is 0 Å². The molecule has 3 aliphatic rings. The molecule has 21 heavy (non-hydrogen) atoms. The van der Waals surface area contributed by atoms with Gasteiger partial charge in [0, 0.05) is 17.3 Å². The zero-order valence-corrected chi connectivity index (χ0v) is 11.9. The van der Waals surface area contributed by atoms with Crippen LogP contribution in [-0.2, 0) is 4.74 Å². The van der Waals surface area contributed by atoms with Crippen LogP contribution < -0.4 is 16.4 Å². The molecule has 2 unspecified atom stereocenters. The van der Waals surface area contributed by atoms with Gasteiger partial charge in [-0.1, -0.05) is 12.2 Å². The number of aliphatic hydroxyl groups excluding tert-OH is 1. The van der Waals surface area contributed by atoms with Gasteiger partial charge < -0.3 is 31.2 Å². The van der Waals surface area contributed by atoms with E-state index < -0.39 is 23.3 Å². The van der Waals surface area contributed by atoms with Gasteiger partial charge in [0.2, 0.25) is 0 Å². The lowest BCUT2D eigenvalue weighted by molar-refractivity contribution is -0.212. The zero-order chi connectivity index (χ0) is 15.3. The summed E-state index contributed by atoms with van der Waals surface area (Å²) in [4.78, 5) is 0. The Kier molecular flexibility index (Phi) is 3.57. The zero-order valence-electron chi connectivity index (χ0n) is 11.9. The maximum Gasteiger partial charge on any atom is 0.165 e. The van der Waals surface area contributed by atoms with Crippen LogP contribution in [0.2, 0.25) is 0 Å². The average Bonchev–Trinajstić information content (AvgIpc) is 2.77. The van der Waals surface area contributed by atoms with Crippen LogP contribution in [0.15, 0.2) is 23.4 Å². The molecule has 0 aliphatic carbocycles. The van der Waals surface area contributed by atoms with E-state index in [2.05, 4.69) is 10.6 Å². The molecule has 4 atom stereocenters. The fourth-order valence-electron chi connectivity index (χ4n) is 3.57. The number of rotatable bonds is 2. The van der Waals surface area contributed by atoms with Gasteiger partial charge >= 0.3 is 0 Å². The monoisotopic (exact) mass is 298 g/mol. The highest BCUT2D eigenvalue weighted by molar-refractivity contribution is 5.46. The molecule has 0 saturated carbocycles. The summed E-state index contributed by atoms with van der Waals surface area (Å²) in [5, 5.41) is 38.1. The molecule has 3 aliphatic heterocycles. The normalized spacial score (nSPS) is 41.3. The topological polar surface area (TPSA) is 123 Å². The maximum atomic E-state index is 11.1. The minimum atomic E-state index is -1.40. The summed E-state index contributed by atoms with van der Waals surface area (Å²) in [5.41, 5.74) is 4.70. The van der Waals surface area contributed by atoms with Gasteiger partial charge in [0.05, 0.1) is 32.5 Å². The Morgan fingerprint density at radius 1 is 1.62 bits per heavy atom. The van der Waals surface area contributed by atoms with E-state index in [-0.39, 0.29) is 13.3 Å². The van der Waals surface area contributed by atoms with Crippen molar-refractivity contribution in [2.45, 2.75) is 30.3 Å². The van der Waals surface area contributed by atoms with Crippen molar-refractivity contribution in [2.75, 3.05) is 26.5 Å². The van der Waals surface area contributed by atoms with Crippen molar-refractivity contribution in [1.29, 1.82) is 0 Å². The van der Waals surface area contributed by atoms with Gasteiger partial charge in [-0.15, -0.1) is 5.06 Å². The highest BCUT2D eigenvalue weighted by Gasteiger charge is 2.66. The Bertz CT molecular complexity index is 493. The van der Waals surface area contributed by atoms with Crippen molar-refractivity contribution in [3.8, 4) is 0 Å². The number of nitrogens with two attached hydrogens (primary N) is 1. The van der Waals surface area contributed by atoms with Crippen LogP contribution in [0.1, 0.15) is 6.92 Å². The first-order valence-corrected chi connectivity index (χ1v) is 7.00. The molecule has 0 aromatic heterocycles. The molecule has 8 nitrogen and oxygen atoms in total. The lowest BCUT2D eigenvalue weighted by Gasteiger charge is -2.46. The van der Waals surface area contributed by atoms with Crippen LogP contribution in [0.5, 0.6) is 0 Å². The van der Waals surface area contributed by atoms with Crippen LogP contribution in [0.25, 0.3) is 0 Å². The van der Waals surface area contributed by atoms with Gasteiger partial charge in [-0.2, -0.15) is 0 Å². The minimum Gasteiger partial charge on any atom is -0.395 e. The molecule has 3 rings (SSSR count). The Morgan fingerprint density at radius 2 is 2.38 bits per heavy atom. The van der Waals surface area contributed by atoms with Crippen LogP contribution in [0, 0.1) is 0 Å². The van der Waals surface area contributed by atoms with E-state index in [9.17, 15) is 15.4 Å². The average molecular weight is 298 g/mol. The van der Waals surface area contributed by atoms with Crippen molar-refractivity contribution in [3.05, 3.63) is 23.4 Å². The number of hydrogen-bond acceptors (Lipinski definition) is 8. The van der Waals surface area contributed by atoms with Gasteiger partial charge in [0.1, 0.15) is 5.60 Å². The smallest absolute Gasteiger partial charge is 0.165 e. The summed E-state index contributed by atoms with van der Waals surface area (Å²) in [5.74, 6) is 0. The quantitative estimate of drug-likeness (QED) is 0.340. The van der Waals surface area contributed by atoms with Crippen LogP contribution in [0.4, 0.5) is 0 Å². The molecular formula is C13H22N4O4. The molecule has 1 saturated heterocycles. The van der Waals surface area contributed by atoms with Crippen LogP contribution >= 0.6 is 0 Å². The van der Waals surface area contributed by atoms with Crippen molar-refractivity contribution < 1.29 is 20.2 Å². The molecule has 0 amide bonds. The summed E-state index contributed by atoms with van der Waals surface area (Å²) in [7, 11) is 0. The number of hydroxylamine groups is 2. The summed E-state index contributed by atoms with van der Waals surface area (Å²) in [6.07, 6.45) is 3.63. The maximum absolute atomic E-state index is 11.1. The van der Waals surface area contributed by atoms with Crippen molar-refractivity contribution in [2.24, 2.45) is 5.73 Å². The van der Waals surface area contributed by atoms with Gasteiger partial charge in [-0.05, 0) is 6.92 Å². The molecule has 0 aromatic carbocycles. The first-order valence-electron chi connectivity index (χ1n) is 7.00. The van der Waals surface area contributed by atoms with Gasteiger partial charge in [-0.25, -0.2) is 0 Å². The van der Waals surface area contributed by atoms with Gasteiger partial charge in [-0.3, -0.25) is 5.32 Å². The Labute approximate surface area is 122 Å². The van der Waals surface area contributed by atoms with E-state index in [1.54, 1.807) is 13.0 Å². The summed E-state index contributed by atoms with van der Waals surface area (Å²) in [6.45, 7) is 2.29. The molecule has 0 bridgehead atoms. The highest BCUT2D eigenvalue weighted by atomic mass is 16.5. The molecule has 0 aromatic rings. The molecule has 8 heteroatoms. The molecule has 118 valence electrons. The third-order valence-corrected chi connectivity index (χ3v) is 4.64. The van der Waals surface area contributed by atoms with E-state index in [1.807, 2.05) is 6.08 Å². The summed E-state index contributed by atoms with van der Waals surface area (Å²) in [6, 6.07) is -1.18. The van der Waals surface area contributed by atoms with E-state index in [4.69, 9.17) is 10.5 Å². The Hall–Kier alpha value is -1.00. The predicted octanol–water partition coefficient (Wildman–Crippen LogP) is -2.18. The van der Waals surface area contributed by atoms with Crippen molar-refractivity contribution in [1.82, 2.24) is 15.7 Å². The van der Waals surface area contributed by atoms with Gasteiger partial charge in [0.15, 0.2) is 5.66 Å². The molecular weight excluding hydrogens is 276 g/mol. The largest absolute Gasteiger partial charge is 0.395 e. The number of hydrogen-bond donors (Lipinski definition) is 6. The predicted molar refractivity (Wildman–Crippen MR) is 74.0 cm³/mol. The lowest BCUT2D eigenvalue weighted by atomic mass is 9.78. The number of aliphatic hydroxyl groups is 2. The molecule has 1 spiro atoms. The summed E-state index contributed by atoms with van der Waals surface area (Å²) >= 11 is 0. The summed E-state index contributed by atoms with van der Waals surface area (Å²) < 4.78 is 5.44. The second-order valence-electron chi connectivity index (χ2n) is 5.86. The van der Waals surface area contributed by atoms with Crippen molar-refractivity contribution >= 4 is 0 Å². The van der Waals surface area contributed by atoms with E-state index in [0.29, 0.717) is 24.5 Å². The lowest BCUT2D eigenvalue weighted by Crippen LogP contribution is -2.73. The second-order valence-corrected chi connectivity index (χ2v) is 5.86. The highest BCUT2D eigenvalue weighted by Crippen LogP contribution is 2.45. The third-order valence-electron chi connectivity index (χ3n) is 4.64. The molecule has 3 heterocycles. The molecule has 0 radical (unpaired) electrons. The molecule has 7 N–H and O–H groups in total. The Morgan fingerprint density at radius 3 is 3.10 bits per heavy atom. The number of ether oxygens (including phenoxy) is 1. The molecule has 1 fully saturated rings. The SMILES string of the molecule is C[C@]1(O)C2=C(COCC=C2)NC12C([C@@H](N)CO)NCN2O. The van der Waals surface area contributed by atoms with Crippen molar-refractivity contribution in [3.63, 3.8) is 0 Å². The van der Waals surface area contributed by atoms with E-state index in [0.717, 1.165) is 5.06 Å². The number of nitrogens with one attached hydrogen (secondary N) is 2. The minimum absolute atomic E-state index is 0.132. The standard InChI is InChI=1S/C13H22N4O4/c1-12(19)8-3-2-4-21-6-10(8)16-13(12)11(9(14)5-18)15-7-17(13)20/h2-3,9,11,15-16,18-20H,4-7,14H2,1H3/t9-,11?,12-,13?/m0/s1.